The lowest BCUT2D eigenvalue weighted by Gasteiger charge is -2.36. The average molecular weight is 537 g/mol. The largest absolute Gasteiger partial charge is 0.0850 e. The second-order valence-corrected chi connectivity index (χ2v) is 13.3. The van der Waals surface area contributed by atoms with E-state index < -0.39 is 0 Å². The molecule has 0 saturated carbocycles. The van der Waals surface area contributed by atoms with Crippen LogP contribution in [0.25, 0.3) is 0 Å². The number of hydrogen-bond donors (Lipinski definition) is 0. The van der Waals surface area contributed by atoms with Crippen molar-refractivity contribution in [2.45, 2.75) is 101 Å². The predicted molar refractivity (Wildman–Crippen MR) is 181 cm³/mol. The molecule has 2 aliphatic carbocycles. The summed E-state index contributed by atoms with van der Waals surface area (Å²) in [5.74, 6) is 0.532. The maximum absolute atomic E-state index is 2.41. The number of rotatable bonds is 10. The normalized spacial score (nSPS) is 23.6. The van der Waals surface area contributed by atoms with Crippen LogP contribution in [0.1, 0.15) is 101 Å². The second kappa shape index (κ2) is 15.8. The molecule has 1 atom stereocenters. The molecular formula is C40H56. The van der Waals surface area contributed by atoms with Crippen LogP contribution < -0.4 is 0 Å². The number of allylic oxidation sites excluding steroid dienone is 22. The first-order chi connectivity index (χ1) is 18.8. The highest BCUT2D eigenvalue weighted by atomic mass is 14.3. The molecule has 0 aromatic heterocycles. The van der Waals surface area contributed by atoms with Crippen LogP contribution in [0.5, 0.6) is 0 Å². The van der Waals surface area contributed by atoms with Crippen LogP contribution in [-0.4, -0.2) is 0 Å². The van der Waals surface area contributed by atoms with Gasteiger partial charge in [-0.05, 0) is 90.0 Å². The van der Waals surface area contributed by atoms with Crippen LogP contribution in [0.2, 0.25) is 0 Å². The highest BCUT2D eigenvalue weighted by molar-refractivity contribution is 5.37. The Morgan fingerprint density at radius 3 is 1.77 bits per heavy atom. The van der Waals surface area contributed by atoms with Crippen molar-refractivity contribution in [2.24, 2.45) is 16.7 Å². The van der Waals surface area contributed by atoms with Crippen molar-refractivity contribution in [2.75, 3.05) is 0 Å². The SMILES string of the molecule is CC1=CCCC(C)(C)C1/C=C/C(C)=C/C=C/C(C)=C/C=C/C=C(C)/C=C\C=C(C)/C=C/C1=C(C)CCCC1(C)C. The van der Waals surface area contributed by atoms with Gasteiger partial charge in [-0.3, -0.25) is 0 Å². The van der Waals surface area contributed by atoms with E-state index in [1.54, 1.807) is 5.57 Å². The van der Waals surface area contributed by atoms with E-state index in [0.717, 1.165) is 0 Å². The van der Waals surface area contributed by atoms with Crippen LogP contribution in [-0.2, 0) is 0 Å². The molecule has 2 aliphatic rings. The molecule has 40 heavy (non-hydrogen) atoms. The molecule has 1 unspecified atom stereocenters. The molecule has 0 aromatic rings. The molecule has 0 heteroatoms. The van der Waals surface area contributed by atoms with Gasteiger partial charge in [0, 0.05) is 5.92 Å². The topological polar surface area (TPSA) is 0 Å². The molecule has 0 nitrogen and oxygen atoms in total. The van der Waals surface area contributed by atoms with Gasteiger partial charge in [-0.25, -0.2) is 0 Å². The van der Waals surface area contributed by atoms with Gasteiger partial charge in [0.2, 0.25) is 0 Å². The summed E-state index contributed by atoms with van der Waals surface area (Å²) in [7, 11) is 0. The quantitative estimate of drug-likeness (QED) is 0.192. The van der Waals surface area contributed by atoms with Gasteiger partial charge in [0.05, 0.1) is 0 Å². The monoisotopic (exact) mass is 536 g/mol. The van der Waals surface area contributed by atoms with E-state index >= 15 is 0 Å². The Balaban J connectivity index is 1.88. The zero-order valence-corrected chi connectivity index (χ0v) is 27.3. The first kappa shape index (κ1) is 33.3. The summed E-state index contributed by atoms with van der Waals surface area (Å²) in [5, 5.41) is 0. The lowest BCUT2D eigenvalue weighted by Crippen LogP contribution is -2.26. The molecule has 0 aromatic carbocycles. The van der Waals surface area contributed by atoms with Crippen LogP contribution >= 0.6 is 0 Å². The summed E-state index contributed by atoms with van der Waals surface area (Å²) >= 11 is 0. The van der Waals surface area contributed by atoms with Crippen LogP contribution in [0.4, 0.5) is 0 Å². The van der Waals surface area contributed by atoms with Crippen molar-refractivity contribution in [3.8, 4) is 0 Å². The molecule has 216 valence electrons. The van der Waals surface area contributed by atoms with Gasteiger partial charge in [-0.2, -0.15) is 0 Å². The predicted octanol–water partition coefficient (Wildman–Crippen LogP) is 12.5. The Morgan fingerprint density at radius 2 is 1.23 bits per heavy atom. The Labute approximate surface area is 247 Å². The standard InChI is InChI=1S/C40H56/c1-31(19-13-21-33(3)25-27-37-35(5)23-15-29-39(37,7)8)17-11-12-18-32(2)20-14-22-34(4)26-28-38-36(6)24-16-30-40(38,9)10/h11-14,17-23,25-28,37H,15-16,24,29-30H2,1-10H3/b12-11+,19-13+,20-14-,27-25+,28-26+,31-17+,32-18+,33-21+,34-22-. The minimum absolute atomic E-state index is 0.291. The Hall–Kier alpha value is -2.86. The lowest BCUT2D eigenvalue weighted by molar-refractivity contribution is 0.255. The van der Waals surface area contributed by atoms with Crippen molar-refractivity contribution < 1.29 is 0 Å². The third kappa shape index (κ3) is 11.3. The Bertz CT molecular complexity index is 1200. The smallest absolute Gasteiger partial charge is 0.00285 e. The van der Waals surface area contributed by atoms with Crippen LogP contribution in [0, 0.1) is 16.7 Å². The zero-order chi connectivity index (χ0) is 29.8. The summed E-state index contributed by atoms with van der Waals surface area (Å²) in [6, 6.07) is 0. The molecule has 0 fully saturated rings. The molecule has 0 N–H and O–H groups in total. The maximum Gasteiger partial charge on any atom is 0.00285 e. The molecule has 0 radical (unpaired) electrons. The van der Waals surface area contributed by atoms with Crippen molar-refractivity contribution in [1.29, 1.82) is 0 Å². The fourth-order valence-electron chi connectivity index (χ4n) is 5.80. The molecule has 0 heterocycles. The Kier molecular flexibility index (Phi) is 13.2. The maximum atomic E-state index is 2.41. The zero-order valence-electron chi connectivity index (χ0n) is 27.3. The third-order valence-electron chi connectivity index (χ3n) is 8.46. The minimum atomic E-state index is 0.291. The summed E-state index contributed by atoms with van der Waals surface area (Å²) in [6.45, 7) is 22.7. The van der Waals surface area contributed by atoms with Crippen LogP contribution in [0.15, 0.2) is 130 Å². The van der Waals surface area contributed by atoms with Gasteiger partial charge in [0.1, 0.15) is 0 Å². The first-order valence-corrected chi connectivity index (χ1v) is 15.3. The molecule has 0 aliphatic heterocycles. The highest BCUT2D eigenvalue weighted by Gasteiger charge is 2.30. The van der Waals surface area contributed by atoms with Gasteiger partial charge in [-0.1, -0.05) is 152 Å². The summed E-state index contributed by atoms with van der Waals surface area (Å²) < 4.78 is 0. The average Bonchev–Trinajstić information content (AvgIpc) is 2.85. The summed E-state index contributed by atoms with van der Waals surface area (Å²) in [6.07, 6.45) is 39.5. The first-order valence-electron chi connectivity index (χ1n) is 15.3. The van der Waals surface area contributed by atoms with E-state index in [0.29, 0.717) is 16.7 Å². The van der Waals surface area contributed by atoms with Gasteiger partial charge in [-0.15, -0.1) is 0 Å². The van der Waals surface area contributed by atoms with Crippen molar-refractivity contribution in [3.05, 3.63) is 130 Å². The summed E-state index contributed by atoms with van der Waals surface area (Å²) in [5.41, 5.74) is 10.2. The molecule has 0 amide bonds. The molecule has 2 rings (SSSR count). The van der Waals surface area contributed by atoms with E-state index in [2.05, 4.69) is 160 Å². The van der Waals surface area contributed by atoms with E-state index in [-0.39, 0.29) is 0 Å². The van der Waals surface area contributed by atoms with Crippen LogP contribution in [0.3, 0.4) is 0 Å². The fourth-order valence-corrected chi connectivity index (χ4v) is 5.80. The second-order valence-electron chi connectivity index (χ2n) is 13.3. The van der Waals surface area contributed by atoms with E-state index in [4.69, 9.17) is 0 Å². The summed E-state index contributed by atoms with van der Waals surface area (Å²) in [4.78, 5) is 0. The molecule has 0 saturated heterocycles. The van der Waals surface area contributed by atoms with Crippen molar-refractivity contribution in [3.63, 3.8) is 0 Å². The number of hydrogen-bond acceptors (Lipinski definition) is 0. The Morgan fingerprint density at radius 1 is 0.700 bits per heavy atom. The minimum Gasteiger partial charge on any atom is -0.0850 e. The van der Waals surface area contributed by atoms with Gasteiger partial charge in [0.25, 0.3) is 0 Å². The highest BCUT2D eigenvalue weighted by Crippen LogP contribution is 2.42. The van der Waals surface area contributed by atoms with Gasteiger partial charge < -0.3 is 0 Å². The third-order valence-corrected chi connectivity index (χ3v) is 8.46. The molecular weight excluding hydrogens is 480 g/mol. The van der Waals surface area contributed by atoms with Gasteiger partial charge in [0.15, 0.2) is 0 Å². The van der Waals surface area contributed by atoms with Gasteiger partial charge >= 0.3 is 0 Å². The fraction of sp³-hybridized carbons (Fsp3) is 0.450. The van der Waals surface area contributed by atoms with E-state index in [9.17, 15) is 0 Å². The van der Waals surface area contributed by atoms with Crippen molar-refractivity contribution >= 4 is 0 Å². The van der Waals surface area contributed by atoms with Crippen molar-refractivity contribution in [1.82, 2.24) is 0 Å². The van der Waals surface area contributed by atoms with E-state index in [1.165, 1.54) is 65.5 Å². The molecule has 0 bridgehead atoms. The van der Waals surface area contributed by atoms with E-state index in [1.807, 2.05) is 0 Å². The lowest BCUT2D eigenvalue weighted by atomic mass is 9.68. The molecule has 0 spiro atoms.